The lowest BCUT2D eigenvalue weighted by molar-refractivity contribution is -0.213. The highest BCUT2D eigenvalue weighted by Crippen LogP contribution is 2.63. The Balaban J connectivity index is 0.957. The van der Waals surface area contributed by atoms with Crippen LogP contribution < -0.4 is 0 Å². The summed E-state index contributed by atoms with van der Waals surface area (Å²) in [4.78, 5) is 144. The number of aryl methyl sites for hydroxylation is 4. The van der Waals surface area contributed by atoms with Crippen molar-refractivity contribution >= 4 is 48.5 Å². The largest absolute Gasteiger partial charge is 0.550 e. The second-order valence-corrected chi connectivity index (χ2v) is 25.4. The van der Waals surface area contributed by atoms with Crippen LogP contribution in [-0.2, 0) is 83.7 Å². The Labute approximate surface area is 545 Å². The van der Waals surface area contributed by atoms with Crippen molar-refractivity contribution in [2.24, 2.45) is 29.1 Å². The molecule has 0 radical (unpaired) electrons. The molecule has 4 fully saturated rings. The third-order valence-electron chi connectivity index (χ3n) is 19.4. The van der Waals surface area contributed by atoms with E-state index in [1.807, 2.05) is 48.5 Å². The van der Waals surface area contributed by atoms with Crippen LogP contribution in [0.5, 0.6) is 0 Å². The highest BCUT2D eigenvalue weighted by Gasteiger charge is 2.57. The number of carbonyl (C=O) groups excluding carboxylic acids is 8. The van der Waals surface area contributed by atoms with Gasteiger partial charge in [-0.05, 0) is 254 Å². The number of rotatable bonds is 24. The van der Waals surface area contributed by atoms with Gasteiger partial charge in [0.2, 0.25) is 0 Å². The Bertz CT molecular complexity index is 2610. The molecule has 0 aliphatic heterocycles. The Hall–Kier alpha value is -8.16. The molecule has 93 heavy (non-hydrogen) atoms. The van der Waals surface area contributed by atoms with E-state index in [0.717, 1.165) is 99.3 Å². The SMILES string of the molecule is CCCCc1ccc(C(=O)OOC(=O)OC2CCC(C(C3CCC(OC(=O)OOC(=O)c4ccc(CCCC)cc4)CC3)(C3CCC(OC(=O)OOC(=O)c4ccc(CCCC)cc4)CC3)C3CCC(OC(=O)OOC(=O)c4ccc(CCCC)cc4)CC3)CC2)cc1. The predicted molar refractivity (Wildman–Crippen MR) is 338 cm³/mol. The van der Waals surface area contributed by atoms with Crippen LogP contribution in [0.25, 0.3) is 0 Å². The minimum absolute atomic E-state index is 0.0548. The fraction of sp³-hybridized carbons (Fsp3) is 0.562. The number of unbranched alkanes of at least 4 members (excludes halogenated alkanes) is 4. The van der Waals surface area contributed by atoms with E-state index < -0.39 is 78.3 Å². The normalized spacial score (nSPS) is 21.8. The molecule has 0 aromatic heterocycles. The Kier molecular flexibility index (Phi) is 27.6. The average molecular weight is 1290 g/mol. The number of carbonyl (C=O) groups is 8. The Morgan fingerprint density at radius 1 is 0.280 bits per heavy atom. The first-order chi connectivity index (χ1) is 45.2. The fourth-order valence-corrected chi connectivity index (χ4v) is 14.6. The van der Waals surface area contributed by atoms with E-state index in [2.05, 4.69) is 27.7 Å². The molecule has 0 amide bonds. The van der Waals surface area contributed by atoms with E-state index in [4.69, 9.17) is 58.0 Å². The summed E-state index contributed by atoms with van der Waals surface area (Å²) in [6, 6.07) is 27.8. The summed E-state index contributed by atoms with van der Waals surface area (Å²) in [6.45, 7) is 8.42. The van der Waals surface area contributed by atoms with Crippen LogP contribution in [0.2, 0.25) is 0 Å². The van der Waals surface area contributed by atoms with Gasteiger partial charge in [-0.25, -0.2) is 58.3 Å². The lowest BCUT2D eigenvalue weighted by Crippen LogP contribution is -2.54. The standard InChI is InChI=1S/C73H92O20/c1-5-9-13-49-17-25-53(26-18-49)65(74)86-90-69(78)82-61-41-33-57(34-42-61)73(58-35-43-62(44-36-58)83-70(79)91-87-66(75)54-27-19-50(20-28-54)14-10-6-2,59-37-45-63(46-38-59)84-71(80)92-88-67(76)55-29-21-51(22-30-55)15-11-7-3)60-39-47-64(48-40-60)85-72(81)93-89-68(77)56-31-23-52(24-32-56)16-12-8-4/h17-32,57-64H,5-16,33-48H2,1-4H3. The number of hydrogen-bond acceptors (Lipinski definition) is 20. The van der Waals surface area contributed by atoms with Crippen molar-refractivity contribution in [2.45, 2.75) is 232 Å². The molecule has 0 atom stereocenters. The second-order valence-electron chi connectivity index (χ2n) is 25.4. The maximum Gasteiger partial charge on any atom is 0.550 e. The van der Waals surface area contributed by atoms with Crippen molar-refractivity contribution in [3.05, 3.63) is 142 Å². The Morgan fingerprint density at radius 2 is 0.462 bits per heavy atom. The van der Waals surface area contributed by atoms with Gasteiger partial charge in [0.1, 0.15) is 24.4 Å². The van der Waals surface area contributed by atoms with Gasteiger partial charge in [-0.2, -0.15) is 19.2 Å². The second kappa shape index (κ2) is 36.3. The van der Waals surface area contributed by atoms with Crippen LogP contribution >= 0.6 is 0 Å². The molecule has 504 valence electrons. The third-order valence-corrected chi connectivity index (χ3v) is 19.4. The first-order valence-corrected chi connectivity index (χ1v) is 33.9. The maximum absolute atomic E-state index is 13.2. The summed E-state index contributed by atoms with van der Waals surface area (Å²) in [6.07, 6.45) is 13.8. The van der Waals surface area contributed by atoms with E-state index >= 15 is 0 Å². The van der Waals surface area contributed by atoms with E-state index in [-0.39, 0.29) is 45.9 Å². The molecule has 4 aromatic carbocycles. The van der Waals surface area contributed by atoms with Crippen LogP contribution in [0.3, 0.4) is 0 Å². The zero-order valence-corrected chi connectivity index (χ0v) is 54.3. The van der Waals surface area contributed by atoms with Crippen LogP contribution in [0.15, 0.2) is 97.1 Å². The van der Waals surface area contributed by atoms with E-state index in [0.29, 0.717) is 103 Å². The van der Waals surface area contributed by atoms with Gasteiger partial charge in [0.25, 0.3) is 0 Å². The summed E-state index contributed by atoms with van der Waals surface area (Å²) in [5, 5.41) is 0. The molecule has 0 spiro atoms. The van der Waals surface area contributed by atoms with Crippen molar-refractivity contribution in [1.29, 1.82) is 0 Å². The van der Waals surface area contributed by atoms with Gasteiger partial charge < -0.3 is 18.9 Å². The monoisotopic (exact) mass is 1290 g/mol. The van der Waals surface area contributed by atoms with Gasteiger partial charge in [-0.1, -0.05) is 102 Å². The van der Waals surface area contributed by atoms with Gasteiger partial charge in [0.15, 0.2) is 0 Å². The van der Waals surface area contributed by atoms with Crippen molar-refractivity contribution in [3.63, 3.8) is 0 Å². The third kappa shape index (κ3) is 20.9. The lowest BCUT2D eigenvalue weighted by atomic mass is 9.45. The topological polar surface area (TPSA) is 247 Å². The van der Waals surface area contributed by atoms with Gasteiger partial charge in [-0.3, -0.25) is 0 Å². The zero-order valence-electron chi connectivity index (χ0n) is 54.3. The van der Waals surface area contributed by atoms with Gasteiger partial charge in [0, 0.05) is 0 Å². The van der Waals surface area contributed by atoms with E-state index in [1.165, 1.54) is 0 Å². The Morgan fingerprint density at radius 3 is 0.634 bits per heavy atom. The quantitative estimate of drug-likeness (QED) is 0.0274. The van der Waals surface area contributed by atoms with Gasteiger partial charge in [0.05, 0.1) is 22.3 Å². The molecular weight excluding hydrogens is 1200 g/mol. The van der Waals surface area contributed by atoms with E-state index in [9.17, 15) is 38.4 Å². The average Bonchev–Trinajstić information content (AvgIpc) is 0.737. The van der Waals surface area contributed by atoms with Crippen molar-refractivity contribution in [3.8, 4) is 0 Å². The van der Waals surface area contributed by atoms with E-state index in [1.54, 1.807) is 48.5 Å². The molecular formula is C73H92O20. The highest BCUT2D eigenvalue weighted by atomic mass is 17.3. The zero-order chi connectivity index (χ0) is 66.0. The van der Waals surface area contributed by atoms with Crippen LogP contribution in [-0.4, -0.2) is 72.9 Å². The van der Waals surface area contributed by atoms with Crippen LogP contribution in [0, 0.1) is 29.1 Å². The minimum Gasteiger partial charge on any atom is -0.428 e. The van der Waals surface area contributed by atoms with Gasteiger partial charge >= 0.3 is 48.5 Å². The van der Waals surface area contributed by atoms with Gasteiger partial charge in [-0.15, -0.1) is 0 Å². The van der Waals surface area contributed by atoms with Crippen molar-refractivity contribution in [2.75, 3.05) is 0 Å². The summed E-state index contributed by atoms with van der Waals surface area (Å²) >= 11 is 0. The molecule has 8 rings (SSSR count). The fourth-order valence-electron chi connectivity index (χ4n) is 14.6. The number of ether oxygens (including phenoxy) is 4. The molecule has 4 aliphatic rings. The molecule has 0 N–H and O–H groups in total. The number of benzene rings is 4. The molecule has 20 nitrogen and oxygen atoms in total. The molecule has 4 saturated carbocycles. The molecule has 0 saturated heterocycles. The highest BCUT2D eigenvalue weighted by molar-refractivity contribution is 5.91. The molecule has 4 aromatic rings. The first kappa shape index (κ1) is 70.7. The summed E-state index contributed by atoms with van der Waals surface area (Å²) in [5.74, 6) is -3.11. The number of hydrogen-bond donors (Lipinski definition) is 0. The lowest BCUT2D eigenvalue weighted by Gasteiger charge is -2.60. The van der Waals surface area contributed by atoms with Crippen molar-refractivity contribution in [1.82, 2.24) is 0 Å². The molecule has 0 unspecified atom stereocenters. The summed E-state index contributed by atoms with van der Waals surface area (Å²) in [5.41, 5.74) is 4.79. The molecule has 4 aliphatic carbocycles. The molecule has 0 heterocycles. The van der Waals surface area contributed by atoms with Crippen molar-refractivity contribution < 1.29 is 96.4 Å². The summed E-state index contributed by atoms with van der Waals surface area (Å²) < 4.78 is 23.2. The van der Waals surface area contributed by atoms with Crippen LogP contribution in [0.4, 0.5) is 19.2 Å². The predicted octanol–water partition coefficient (Wildman–Crippen LogP) is 17.3. The molecule has 20 heteroatoms. The maximum atomic E-state index is 13.2. The summed E-state index contributed by atoms with van der Waals surface area (Å²) in [7, 11) is 0. The first-order valence-electron chi connectivity index (χ1n) is 33.9. The van der Waals surface area contributed by atoms with Crippen LogP contribution in [0.1, 0.15) is 245 Å². The smallest absolute Gasteiger partial charge is 0.428 e. The molecule has 0 bridgehead atoms. The minimum atomic E-state index is -1.13.